The van der Waals surface area contributed by atoms with Gasteiger partial charge < -0.3 is 4.74 Å². The third-order valence-corrected chi connectivity index (χ3v) is 13.4. The summed E-state index contributed by atoms with van der Waals surface area (Å²) in [5.41, 5.74) is 4.55. The molecule has 4 saturated carbocycles. The number of carbonyl (C=O) groups is 1. The van der Waals surface area contributed by atoms with Gasteiger partial charge in [0.15, 0.2) is 0 Å². The van der Waals surface area contributed by atoms with Crippen LogP contribution in [0.25, 0.3) is 5.57 Å². The zero-order chi connectivity index (χ0) is 28.8. The summed E-state index contributed by atoms with van der Waals surface area (Å²) >= 11 is 7.55. The molecule has 0 saturated heterocycles. The molecule has 2 aromatic rings. The van der Waals surface area contributed by atoms with E-state index in [0.717, 1.165) is 49.9 Å². The van der Waals surface area contributed by atoms with Crippen molar-refractivity contribution in [2.45, 2.75) is 103 Å². The first-order valence-corrected chi connectivity index (χ1v) is 16.7. The first-order valence-electron chi connectivity index (χ1n) is 16.3. The maximum absolute atomic E-state index is 11.7. The number of hydrogen-bond acceptors (Lipinski definition) is 2. The maximum Gasteiger partial charge on any atom is 0.302 e. The molecule has 0 radical (unpaired) electrons. The number of rotatable bonds is 6. The van der Waals surface area contributed by atoms with Gasteiger partial charge in [-0.05, 0) is 115 Å². The Kier molecular flexibility index (Phi) is 7.94. The van der Waals surface area contributed by atoms with E-state index in [9.17, 15) is 4.79 Å². The van der Waals surface area contributed by atoms with Crippen molar-refractivity contribution in [2.24, 2.45) is 40.4 Å². The molecule has 220 valence electrons. The summed E-state index contributed by atoms with van der Waals surface area (Å²) in [6, 6.07) is 21.8. The highest BCUT2D eigenvalue weighted by Crippen LogP contribution is 2.70. The van der Waals surface area contributed by atoms with E-state index in [1.807, 2.05) is 0 Å². The van der Waals surface area contributed by atoms with Gasteiger partial charge in [-0.1, -0.05) is 87.5 Å². The van der Waals surface area contributed by atoms with Crippen molar-refractivity contribution in [3.8, 4) is 0 Å². The molecule has 2 nitrogen and oxygen atoms in total. The van der Waals surface area contributed by atoms with Gasteiger partial charge >= 0.3 is 5.97 Å². The number of esters is 1. The van der Waals surface area contributed by atoms with Crippen LogP contribution in [0, 0.1) is 40.4 Å². The van der Waals surface area contributed by atoms with Gasteiger partial charge in [0.1, 0.15) is 6.10 Å². The zero-order valence-electron chi connectivity index (χ0n) is 25.6. The van der Waals surface area contributed by atoms with E-state index in [2.05, 4.69) is 87.5 Å². The van der Waals surface area contributed by atoms with Crippen molar-refractivity contribution < 1.29 is 9.53 Å². The molecule has 9 atom stereocenters. The van der Waals surface area contributed by atoms with Crippen LogP contribution in [0.1, 0.15) is 103 Å². The summed E-state index contributed by atoms with van der Waals surface area (Å²) in [4.78, 5) is 11.5. The molecule has 0 amide bonds. The number of halogens is 1. The Morgan fingerprint density at radius 2 is 1.56 bits per heavy atom. The highest BCUT2D eigenvalue weighted by molar-refractivity contribution is 6.24. The van der Waals surface area contributed by atoms with Gasteiger partial charge in [-0.25, -0.2) is 0 Å². The number of carbonyl (C=O) groups excluding carboxylic acids is 1. The molecule has 3 heteroatoms. The van der Waals surface area contributed by atoms with Gasteiger partial charge in [-0.3, -0.25) is 4.79 Å². The molecular formula is C38H49ClO2. The fraction of sp³-hybridized carbons (Fsp3) is 0.605. The van der Waals surface area contributed by atoms with E-state index in [1.54, 1.807) is 0 Å². The van der Waals surface area contributed by atoms with Crippen LogP contribution >= 0.6 is 11.6 Å². The maximum atomic E-state index is 11.7. The Balaban J connectivity index is 1.19. The lowest BCUT2D eigenvalue weighted by Gasteiger charge is -2.64. The van der Waals surface area contributed by atoms with Crippen molar-refractivity contribution in [3.05, 3.63) is 77.9 Å². The lowest BCUT2D eigenvalue weighted by atomic mass is 9.44. The van der Waals surface area contributed by atoms with Crippen molar-refractivity contribution >= 4 is 23.1 Å². The lowest BCUT2D eigenvalue weighted by molar-refractivity contribution is -0.157. The fourth-order valence-corrected chi connectivity index (χ4v) is 11.1. The van der Waals surface area contributed by atoms with Crippen LogP contribution in [-0.2, 0) is 9.53 Å². The predicted molar refractivity (Wildman–Crippen MR) is 170 cm³/mol. The van der Waals surface area contributed by atoms with E-state index in [4.69, 9.17) is 16.3 Å². The second kappa shape index (κ2) is 11.2. The molecule has 4 aliphatic rings. The minimum absolute atomic E-state index is 0.00934. The first-order chi connectivity index (χ1) is 19.6. The Labute approximate surface area is 253 Å². The highest BCUT2D eigenvalue weighted by atomic mass is 35.5. The third kappa shape index (κ3) is 5.11. The normalized spacial score (nSPS) is 38.6. The molecule has 0 unspecified atom stereocenters. The molecule has 41 heavy (non-hydrogen) atoms. The van der Waals surface area contributed by atoms with Crippen molar-refractivity contribution in [1.82, 2.24) is 0 Å². The zero-order valence-corrected chi connectivity index (χ0v) is 26.3. The van der Waals surface area contributed by atoms with Crippen LogP contribution in [0.2, 0.25) is 0 Å². The van der Waals surface area contributed by atoms with Gasteiger partial charge in [-0.2, -0.15) is 0 Å². The van der Waals surface area contributed by atoms with Crippen LogP contribution in [-0.4, -0.2) is 16.9 Å². The molecule has 4 fully saturated rings. The number of ether oxygens (including phenoxy) is 1. The molecule has 4 aliphatic carbocycles. The molecule has 0 heterocycles. The average molecular weight is 573 g/mol. The molecule has 6 rings (SSSR count). The number of alkyl halides is 1. The number of hydrogen-bond donors (Lipinski definition) is 0. The van der Waals surface area contributed by atoms with Gasteiger partial charge in [0, 0.05) is 13.3 Å². The van der Waals surface area contributed by atoms with Crippen molar-refractivity contribution in [2.75, 3.05) is 0 Å². The van der Waals surface area contributed by atoms with Crippen molar-refractivity contribution in [3.63, 3.8) is 0 Å². The van der Waals surface area contributed by atoms with Gasteiger partial charge in [0.25, 0.3) is 0 Å². The Hall–Kier alpha value is -2.06. The number of allylic oxidation sites excluding steroid dienone is 1. The van der Waals surface area contributed by atoms with E-state index in [0.29, 0.717) is 17.3 Å². The molecule has 0 spiro atoms. The van der Waals surface area contributed by atoms with Crippen LogP contribution in [0.4, 0.5) is 0 Å². The summed E-state index contributed by atoms with van der Waals surface area (Å²) < 4.78 is 5.68. The van der Waals surface area contributed by atoms with Gasteiger partial charge in [0.2, 0.25) is 0 Å². The second-order valence-corrected chi connectivity index (χ2v) is 15.3. The second-order valence-electron chi connectivity index (χ2n) is 14.6. The quantitative estimate of drug-likeness (QED) is 0.254. The van der Waals surface area contributed by atoms with Crippen LogP contribution in [0.15, 0.2) is 66.7 Å². The summed E-state index contributed by atoms with van der Waals surface area (Å²) in [6.45, 7) is 9.21. The Morgan fingerprint density at radius 3 is 2.20 bits per heavy atom. The number of fused-ring (bicyclic) bond motifs is 5. The molecule has 2 aromatic carbocycles. The third-order valence-electron chi connectivity index (χ3n) is 12.6. The number of benzene rings is 2. The van der Waals surface area contributed by atoms with Crippen LogP contribution < -0.4 is 0 Å². The summed E-state index contributed by atoms with van der Waals surface area (Å²) in [6.07, 6.45) is 14.2. The summed E-state index contributed by atoms with van der Waals surface area (Å²) in [7, 11) is 0. The van der Waals surface area contributed by atoms with Crippen LogP contribution in [0.5, 0.6) is 0 Å². The molecular weight excluding hydrogens is 524 g/mol. The largest absolute Gasteiger partial charge is 0.462 e. The first kappa shape index (κ1) is 29.0. The molecule has 0 aliphatic heterocycles. The summed E-state index contributed by atoms with van der Waals surface area (Å²) in [5, 5.41) is 0. The SMILES string of the molecule is CC(=O)O[C@H]1CC[C@]2(C)[C@H]3CC[C@@]4(C)[C@H](CC[C@H]4[C@H](C)CC=C(c4ccccc4)c4ccccc4)[C@H]3CC[C@]2(Cl)C1. The molecule has 0 bridgehead atoms. The van der Waals surface area contributed by atoms with E-state index in [1.165, 1.54) is 55.7 Å². The van der Waals surface area contributed by atoms with E-state index >= 15 is 0 Å². The highest BCUT2D eigenvalue weighted by Gasteiger charge is 2.64. The lowest BCUT2D eigenvalue weighted by Crippen LogP contribution is -2.60. The predicted octanol–water partition coefficient (Wildman–Crippen LogP) is 10.1. The molecule has 0 N–H and O–H groups in total. The standard InChI is InChI=1S/C38H49ClO2/c1-26(15-16-31(28-11-7-5-8-12-28)29-13-9-6-10-14-29)33-17-18-34-32-20-24-38(39)25-30(41-27(2)40)19-23-37(38,4)35(32)21-22-36(33,34)3/h5-14,16,26,30,32-35H,15,17-25H2,1-4H3/t26-,30+,32-,33+,34-,35+,36-,37-,38+/m1/s1. The van der Waals surface area contributed by atoms with Gasteiger partial charge in [0.05, 0.1) is 4.87 Å². The minimum Gasteiger partial charge on any atom is -0.462 e. The smallest absolute Gasteiger partial charge is 0.302 e. The van der Waals surface area contributed by atoms with Gasteiger partial charge in [-0.15, -0.1) is 11.6 Å². The van der Waals surface area contributed by atoms with Crippen LogP contribution in [0.3, 0.4) is 0 Å². The molecule has 0 aromatic heterocycles. The van der Waals surface area contributed by atoms with E-state index in [-0.39, 0.29) is 22.4 Å². The Bertz CT molecular complexity index is 1210. The van der Waals surface area contributed by atoms with Crippen molar-refractivity contribution in [1.29, 1.82) is 0 Å². The Morgan fingerprint density at radius 1 is 0.902 bits per heavy atom. The average Bonchev–Trinajstić information content (AvgIpc) is 3.32. The topological polar surface area (TPSA) is 26.3 Å². The fourth-order valence-electron chi connectivity index (χ4n) is 10.6. The van der Waals surface area contributed by atoms with E-state index < -0.39 is 0 Å². The summed E-state index contributed by atoms with van der Waals surface area (Å²) in [5.74, 6) is 3.56. The minimum atomic E-state index is -0.234. The monoisotopic (exact) mass is 572 g/mol.